The minimum atomic E-state index is -0.183. The molecule has 0 atom stereocenters. The highest BCUT2D eigenvalue weighted by Crippen LogP contribution is 2.22. The van der Waals surface area contributed by atoms with E-state index < -0.39 is 0 Å². The Bertz CT molecular complexity index is 831. The first kappa shape index (κ1) is 21.3. The van der Waals surface area contributed by atoms with E-state index in [0.717, 1.165) is 22.6 Å². The van der Waals surface area contributed by atoms with Crippen LogP contribution >= 0.6 is 35.4 Å². The number of rotatable bonds is 6. The molecule has 144 valence electrons. The molecule has 0 spiro atoms. The molecule has 0 saturated heterocycles. The van der Waals surface area contributed by atoms with E-state index in [1.54, 1.807) is 12.1 Å². The maximum atomic E-state index is 11.9. The summed E-state index contributed by atoms with van der Waals surface area (Å²) in [6.45, 7) is 4.27. The number of carbonyl (C=O) groups is 1. The lowest BCUT2D eigenvalue weighted by molar-refractivity contribution is -0.121. The molecule has 0 aliphatic carbocycles. The summed E-state index contributed by atoms with van der Waals surface area (Å²) in [5, 5.41) is 4.54. The zero-order chi connectivity index (χ0) is 19.8. The molecule has 1 amide bonds. The predicted octanol–water partition coefficient (Wildman–Crippen LogP) is 4.79. The molecule has 0 fully saturated rings. The smallest absolute Gasteiger partial charge is 0.238 e. The Morgan fingerprint density at radius 3 is 2.56 bits per heavy atom. The third-order valence-electron chi connectivity index (χ3n) is 3.69. The number of amides is 1. The van der Waals surface area contributed by atoms with Crippen LogP contribution in [0.2, 0.25) is 10.0 Å². The number of benzene rings is 2. The van der Waals surface area contributed by atoms with Gasteiger partial charge in [-0.25, -0.2) is 0 Å². The van der Waals surface area contributed by atoms with Crippen molar-refractivity contribution in [2.24, 2.45) is 0 Å². The molecule has 0 aromatic heterocycles. The molecule has 2 aromatic rings. The Labute approximate surface area is 174 Å². The molecule has 0 radical (unpaired) electrons. The summed E-state index contributed by atoms with van der Waals surface area (Å²) < 4.78 is 5.66. The van der Waals surface area contributed by atoms with Crippen molar-refractivity contribution in [3.05, 3.63) is 57.6 Å². The molecular formula is C19H21Cl2N3O2S. The lowest BCUT2D eigenvalue weighted by Crippen LogP contribution is -2.43. The summed E-state index contributed by atoms with van der Waals surface area (Å²) in [6, 6.07) is 10.9. The van der Waals surface area contributed by atoms with Gasteiger partial charge in [-0.15, -0.1) is 0 Å². The Morgan fingerprint density at radius 1 is 1.07 bits per heavy atom. The lowest BCUT2D eigenvalue weighted by Gasteiger charge is -2.12. The molecule has 0 unspecified atom stereocenters. The number of carbonyl (C=O) groups excluding carboxylic acids is 1. The number of hydrazine groups is 1. The van der Waals surface area contributed by atoms with Crippen LogP contribution in [0.3, 0.4) is 0 Å². The highest BCUT2D eigenvalue weighted by Gasteiger charge is 2.05. The standard InChI is InChI=1S/C19H21Cl2N3O2S/c1-12-5-7-15(11-16(12)21)22-19(27)24-23-18(25)4-3-9-26-17-8-6-14(20)10-13(17)2/h5-8,10-11H,3-4,9H2,1-2H3,(H,23,25)(H2,22,24,27). The number of anilines is 1. The van der Waals surface area contributed by atoms with Crippen molar-refractivity contribution in [2.45, 2.75) is 26.7 Å². The van der Waals surface area contributed by atoms with E-state index in [2.05, 4.69) is 16.2 Å². The molecule has 0 aliphatic heterocycles. The number of hydrogen-bond donors (Lipinski definition) is 3. The Hall–Kier alpha value is -2.02. The Kier molecular flexibility index (Phi) is 8.16. The molecule has 27 heavy (non-hydrogen) atoms. The largest absolute Gasteiger partial charge is 0.493 e. The molecule has 0 saturated carbocycles. The average molecular weight is 426 g/mol. The molecule has 2 rings (SSSR count). The van der Waals surface area contributed by atoms with Gasteiger partial charge in [0.1, 0.15) is 5.75 Å². The molecule has 0 heterocycles. The minimum Gasteiger partial charge on any atom is -0.493 e. The quantitative estimate of drug-likeness (QED) is 0.352. The summed E-state index contributed by atoms with van der Waals surface area (Å²) >= 11 is 17.1. The van der Waals surface area contributed by atoms with Crippen molar-refractivity contribution in [2.75, 3.05) is 11.9 Å². The second-order valence-electron chi connectivity index (χ2n) is 5.95. The Balaban J connectivity index is 1.65. The fourth-order valence-corrected chi connectivity index (χ4v) is 2.79. The molecule has 8 heteroatoms. The Morgan fingerprint density at radius 2 is 1.85 bits per heavy atom. The summed E-state index contributed by atoms with van der Waals surface area (Å²) in [5.74, 6) is 0.581. The number of ether oxygens (including phenoxy) is 1. The fraction of sp³-hybridized carbons (Fsp3) is 0.263. The molecule has 3 N–H and O–H groups in total. The van der Waals surface area contributed by atoms with Gasteiger partial charge in [-0.2, -0.15) is 0 Å². The van der Waals surface area contributed by atoms with Crippen LogP contribution in [0.15, 0.2) is 36.4 Å². The van der Waals surface area contributed by atoms with Crippen LogP contribution in [0.4, 0.5) is 5.69 Å². The zero-order valence-corrected chi connectivity index (χ0v) is 17.4. The van der Waals surface area contributed by atoms with Gasteiger partial charge in [0.05, 0.1) is 6.61 Å². The van der Waals surface area contributed by atoms with Crippen LogP contribution in [0.25, 0.3) is 0 Å². The third kappa shape index (κ3) is 7.25. The van der Waals surface area contributed by atoms with Crippen LogP contribution in [0.1, 0.15) is 24.0 Å². The summed E-state index contributed by atoms with van der Waals surface area (Å²) in [7, 11) is 0. The normalized spacial score (nSPS) is 10.2. The number of nitrogens with one attached hydrogen (secondary N) is 3. The maximum absolute atomic E-state index is 11.9. The second kappa shape index (κ2) is 10.3. The highest BCUT2D eigenvalue weighted by molar-refractivity contribution is 7.80. The number of hydrogen-bond acceptors (Lipinski definition) is 3. The molecule has 5 nitrogen and oxygen atoms in total. The van der Waals surface area contributed by atoms with Gasteiger partial charge in [-0.3, -0.25) is 15.6 Å². The maximum Gasteiger partial charge on any atom is 0.238 e. The van der Waals surface area contributed by atoms with Gasteiger partial charge in [0.15, 0.2) is 5.11 Å². The topological polar surface area (TPSA) is 62.4 Å². The van der Waals surface area contributed by atoms with E-state index in [-0.39, 0.29) is 11.0 Å². The van der Waals surface area contributed by atoms with Crippen molar-refractivity contribution < 1.29 is 9.53 Å². The van der Waals surface area contributed by atoms with Crippen molar-refractivity contribution in [1.82, 2.24) is 10.9 Å². The summed E-state index contributed by atoms with van der Waals surface area (Å²) in [4.78, 5) is 11.9. The van der Waals surface area contributed by atoms with Gasteiger partial charge in [-0.1, -0.05) is 29.3 Å². The predicted molar refractivity (Wildman–Crippen MR) is 115 cm³/mol. The minimum absolute atomic E-state index is 0.183. The van der Waals surface area contributed by atoms with E-state index >= 15 is 0 Å². The summed E-state index contributed by atoms with van der Waals surface area (Å²) in [5.41, 5.74) is 7.89. The summed E-state index contributed by atoms with van der Waals surface area (Å²) in [6.07, 6.45) is 0.877. The number of halogens is 2. The average Bonchev–Trinajstić information content (AvgIpc) is 2.61. The first-order valence-electron chi connectivity index (χ1n) is 8.36. The van der Waals surface area contributed by atoms with Crippen LogP contribution in [0.5, 0.6) is 5.75 Å². The van der Waals surface area contributed by atoms with E-state index in [9.17, 15) is 4.79 Å². The first-order chi connectivity index (χ1) is 12.8. The van der Waals surface area contributed by atoms with Gasteiger partial charge in [0, 0.05) is 22.2 Å². The van der Waals surface area contributed by atoms with Crippen molar-refractivity contribution in [3.63, 3.8) is 0 Å². The fourth-order valence-electron chi connectivity index (χ4n) is 2.21. The first-order valence-corrected chi connectivity index (χ1v) is 9.52. The van der Waals surface area contributed by atoms with Crippen molar-refractivity contribution in [3.8, 4) is 5.75 Å². The highest BCUT2D eigenvalue weighted by atomic mass is 35.5. The van der Waals surface area contributed by atoms with Gasteiger partial charge >= 0.3 is 0 Å². The van der Waals surface area contributed by atoms with Crippen molar-refractivity contribution >= 4 is 52.1 Å². The van der Waals surface area contributed by atoms with Crippen LogP contribution in [-0.4, -0.2) is 17.6 Å². The van der Waals surface area contributed by atoms with Crippen LogP contribution < -0.4 is 20.9 Å². The van der Waals surface area contributed by atoms with Gasteiger partial charge in [0.2, 0.25) is 5.91 Å². The molecule has 0 aliphatic rings. The van der Waals surface area contributed by atoms with Gasteiger partial charge in [-0.05, 0) is 73.9 Å². The van der Waals surface area contributed by atoms with Crippen LogP contribution in [0, 0.1) is 13.8 Å². The molecule has 0 bridgehead atoms. The SMILES string of the molecule is Cc1ccc(NC(=S)NNC(=O)CCCOc2ccc(Cl)cc2C)cc1Cl. The van der Waals surface area contributed by atoms with E-state index in [4.69, 9.17) is 40.2 Å². The van der Waals surface area contributed by atoms with E-state index in [0.29, 0.717) is 29.5 Å². The van der Waals surface area contributed by atoms with Crippen LogP contribution in [-0.2, 0) is 4.79 Å². The molecule has 2 aromatic carbocycles. The van der Waals surface area contributed by atoms with Gasteiger partial charge < -0.3 is 10.1 Å². The van der Waals surface area contributed by atoms with Gasteiger partial charge in [0.25, 0.3) is 0 Å². The lowest BCUT2D eigenvalue weighted by atomic mass is 10.2. The number of aryl methyl sites for hydroxylation is 2. The second-order valence-corrected chi connectivity index (χ2v) is 7.20. The monoisotopic (exact) mass is 425 g/mol. The molecular weight excluding hydrogens is 405 g/mol. The third-order valence-corrected chi connectivity index (χ3v) is 4.53. The van der Waals surface area contributed by atoms with Crippen molar-refractivity contribution in [1.29, 1.82) is 0 Å². The number of thiocarbonyl (C=S) groups is 1. The van der Waals surface area contributed by atoms with E-state index in [1.807, 2.05) is 38.1 Å². The zero-order valence-electron chi connectivity index (χ0n) is 15.1. The van der Waals surface area contributed by atoms with E-state index in [1.165, 1.54) is 0 Å².